The molecule has 0 radical (unpaired) electrons. The number of hydrogen-bond donors (Lipinski definition) is 1. The molecule has 2 atom stereocenters. The van der Waals surface area contributed by atoms with Gasteiger partial charge in [0.25, 0.3) is 0 Å². The van der Waals surface area contributed by atoms with Crippen LogP contribution in [0.1, 0.15) is 41.0 Å². The molecule has 1 fully saturated rings. The van der Waals surface area contributed by atoms with Crippen molar-refractivity contribution in [1.82, 2.24) is 10.2 Å². The van der Waals surface area contributed by atoms with E-state index in [9.17, 15) is 8.42 Å². The predicted molar refractivity (Wildman–Crippen MR) is 93.7 cm³/mol. The minimum atomic E-state index is -2.98. The third-order valence-corrected chi connectivity index (χ3v) is 7.54. The molecule has 6 heteroatoms. The average Bonchev–Trinajstić information content (AvgIpc) is 2.42. The normalized spacial score (nSPS) is 23.2. The summed E-state index contributed by atoms with van der Waals surface area (Å²) in [5.74, 6) is 2.00. The second-order valence-corrected chi connectivity index (χ2v) is 10.4. The third-order valence-electron chi connectivity index (χ3n) is 4.21. The van der Waals surface area contributed by atoms with Crippen LogP contribution in [-0.4, -0.2) is 61.6 Å². The summed E-state index contributed by atoms with van der Waals surface area (Å²) < 4.78 is 24.5. The Bertz CT molecular complexity index is 404. The maximum atomic E-state index is 12.3. The fourth-order valence-corrected chi connectivity index (χ4v) is 5.89. The van der Waals surface area contributed by atoms with Crippen molar-refractivity contribution >= 4 is 21.6 Å². The van der Waals surface area contributed by atoms with Gasteiger partial charge in [-0.05, 0) is 18.4 Å². The summed E-state index contributed by atoms with van der Waals surface area (Å²) in [7, 11) is -2.98. The van der Waals surface area contributed by atoms with E-state index in [4.69, 9.17) is 0 Å². The van der Waals surface area contributed by atoms with Crippen LogP contribution in [0.3, 0.4) is 0 Å². The van der Waals surface area contributed by atoms with Crippen LogP contribution in [0.4, 0.5) is 0 Å². The number of hydrogen-bond acceptors (Lipinski definition) is 5. The van der Waals surface area contributed by atoms with Gasteiger partial charge in [0.15, 0.2) is 9.84 Å². The molecule has 2 unspecified atom stereocenters. The van der Waals surface area contributed by atoms with E-state index in [0.717, 1.165) is 37.6 Å². The molecule has 0 spiro atoms. The van der Waals surface area contributed by atoms with Gasteiger partial charge in [0.2, 0.25) is 0 Å². The Morgan fingerprint density at radius 2 is 2.00 bits per heavy atom. The lowest BCUT2D eigenvalue weighted by atomic mass is 9.84. The van der Waals surface area contributed by atoms with Crippen molar-refractivity contribution in [3.05, 3.63) is 0 Å². The molecule has 4 nitrogen and oxygen atoms in total. The summed E-state index contributed by atoms with van der Waals surface area (Å²) in [6.07, 6.45) is 0.998. The first kappa shape index (κ1) is 19.3. The number of nitrogens with one attached hydrogen (secondary N) is 1. The molecule has 126 valence electrons. The highest BCUT2D eigenvalue weighted by Crippen LogP contribution is 2.25. The summed E-state index contributed by atoms with van der Waals surface area (Å²) in [5, 5.41) is 3.26. The molecule has 0 aromatic carbocycles. The van der Waals surface area contributed by atoms with Crippen molar-refractivity contribution in [2.45, 2.75) is 52.5 Å². The van der Waals surface area contributed by atoms with Crippen molar-refractivity contribution in [3.8, 4) is 0 Å². The Morgan fingerprint density at radius 3 is 2.52 bits per heavy atom. The van der Waals surface area contributed by atoms with Crippen LogP contribution in [0.25, 0.3) is 0 Å². The van der Waals surface area contributed by atoms with E-state index >= 15 is 0 Å². The Hall–Kier alpha value is 0.220. The summed E-state index contributed by atoms with van der Waals surface area (Å²) in [6.45, 7) is 13.3. The Balaban J connectivity index is 2.70. The molecule has 21 heavy (non-hydrogen) atoms. The Kier molecular flexibility index (Phi) is 7.50. The zero-order valence-electron chi connectivity index (χ0n) is 14.2. The van der Waals surface area contributed by atoms with Crippen molar-refractivity contribution in [3.63, 3.8) is 0 Å². The lowest BCUT2D eigenvalue weighted by Gasteiger charge is -2.38. The number of thioether (sulfide) groups is 1. The minimum absolute atomic E-state index is 0.194. The van der Waals surface area contributed by atoms with Gasteiger partial charge in [0.05, 0.1) is 0 Å². The van der Waals surface area contributed by atoms with Gasteiger partial charge >= 0.3 is 0 Å². The van der Waals surface area contributed by atoms with E-state index in [2.05, 4.69) is 37.9 Å². The first-order valence-corrected chi connectivity index (χ1v) is 10.9. The highest BCUT2D eigenvalue weighted by Gasteiger charge is 2.33. The maximum absolute atomic E-state index is 12.3. The molecule has 0 saturated carbocycles. The first-order valence-electron chi connectivity index (χ1n) is 7.99. The number of sulfone groups is 1. The molecule has 0 amide bonds. The van der Waals surface area contributed by atoms with Crippen molar-refractivity contribution in [1.29, 1.82) is 0 Å². The molecule has 0 aromatic heterocycles. The monoisotopic (exact) mass is 336 g/mol. The van der Waals surface area contributed by atoms with Crippen LogP contribution in [0, 0.1) is 5.41 Å². The predicted octanol–water partition coefficient (Wildman–Crippen LogP) is 2.21. The van der Waals surface area contributed by atoms with Crippen LogP contribution < -0.4 is 5.32 Å². The average molecular weight is 337 g/mol. The summed E-state index contributed by atoms with van der Waals surface area (Å²) in [6, 6.07) is 0.419. The fourth-order valence-electron chi connectivity index (χ4n) is 2.78. The third kappa shape index (κ3) is 5.73. The second-order valence-electron chi connectivity index (χ2n) is 6.78. The quantitative estimate of drug-likeness (QED) is 0.772. The van der Waals surface area contributed by atoms with Crippen molar-refractivity contribution in [2.24, 2.45) is 5.41 Å². The fraction of sp³-hybridized carbons (Fsp3) is 1.00. The molecule has 0 bridgehead atoms. The van der Waals surface area contributed by atoms with Gasteiger partial charge in [-0.3, -0.25) is 4.90 Å². The topological polar surface area (TPSA) is 49.4 Å². The van der Waals surface area contributed by atoms with Crippen molar-refractivity contribution < 1.29 is 8.42 Å². The van der Waals surface area contributed by atoms with Gasteiger partial charge in [-0.2, -0.15) is 11.8 Å². The van der Waals surface area contributed by atoms with Crippen LogP contribution >= 0.6 is 11.8 Å². The highest BCUT2D eigenvalue weighted by atomic mass is 32.2. The van der Waals surface area contributed by atoms with E-state index in [1.54, 1.807) is 18.7 Å². The van der Waals surface area contributed by atoms with Crippen LogP contribution in [0.15, 0.2) is 0 Å². The van der Waals surface area contributed by atoms with E-state index in [1.807, 2.05) is 0 Å². The molecule has 1 heterocycles. The van der Waals surface area contributed by atoms with Gasteiger partial charge in [-0.1, -0.05) is 34.6 Å². The lowest BCUT2D eigenvalue weighted by Crippen LogP contribution is -2.50. The molecule has 0 aromatic rings. The smallest absolute Gasteiger partial charge is 0.166 e. The summed E-state index contributed by atoms with van der Waals surface area (Å²) in [5.41, 5.74) is 0.194. The molecule has 1 aliphatic rings. The number of rotatable bonds is 7. The Labute approximate surface area is 135 Å². The largest absolute Gasteiger partial charge is 0.314 e. The van der Waals surface area contributed by atoms with Gasteiger partial charge in [-0.15, -0.1) is 0 Å². The van der Waals surface area contributed by atoms with Gasteiger partial charge in [0, 0.05) is 36.4 Å². The summed E-state index contributed by atoms with van der Waals surface area (Å²) >= 11 is 1.76. The van der Waals surface area contributed by atoms with E-state index in [0.29, 0.717) is 6.04 Å². The molecule has 1 N–H and O–H groups in total. The summed E-state index contributed by atoms with van der Waals surface area (Å²) in [4.78, 5) is 2.19. The van der Waals surface area contributed by atoms with Crippen LogP contribution in [0.2, 0.25) is 0 Å². The molecular formula is C15H32N2O2S2. The molecule has 1 saturated heterocycles. The van der Waals surface area contributed by atoms with E-state index < -0.39 is 9.84 Å². The van der Waals surface area contributed by atoms with E-state index in [1.165, 1.54) is 0 Å². The molecular weight excluding hydrogens is 304 g/mol. The SMILES string of the molecule is CCNC(CCN1CCSCC1S(=O)(=O)CC)C(C)(C)C. The van der Waals surface area contributed by atoms with E-state index in [-0.39, 0.29) is 16.5 Å². The van der Waals surface area contributed by atoms with Gasteiger partial charge in [0.1, 0.15) is 5.37 Å². The second kappa shape index (κ2) is 8.18. The van der Waals surface area contributed by atoms with Crippen LogP contribution in [-0.2, 0) is 9.84 Å². The zero-order valence-corrected chi connectivity index (χ0v) is 15.8. The lowest BCUT2D eigenvalue weighted by molar-refractivity contribution is 0.203. The first-order chi connectivity index (χ1) is 9.72. The van der Waals surface area contributed by atoms with Crippen molar-refractivity contribution in [2.75, 3.05) is 36.9 Å². The van der Waals surface area contributed by atoms with Crippen LogP contribution in [0.5, 0.6) is 0 Å². The number of nitrogens with zero attached hydrogens (tertiary/aromatic N) is 1. The van der Waals surface area contributed by atoms with Gasteiger partial charge in [-0.25, -0.2) is 8.42 Å². The molecule has 1 rings (SSSR count). The minimum Gasteiger partial charge on any atom is -0.314 e. The molecule has 1 aliphatic heterocycles. The highest BCUT2D eigenvalue weighted by molar-refractivity contribution is 8.01. The Morgan fingerprint density at radius 1 is 1.33 bits per heavy atom. The zero-order chi connectivity index (χ0) is 16.1. The maximum Gasteiger partial charge on any atom is 0.166 e. The standard InChI is InChI=1S/C15H32N2O2S2/c1-6-16-13(15(3,4)5)8-9-17-10-11-20-12-14(17)21(18,19)7-2/h13-14,16H,6-12H2,1-5H3. The van der Waals surface area contributed by atoms with Gasteiger partial charge < -0.3 is 5.32 Å². The molecule has 0 aliphatic carbocycles.